The van der Waals surface area contributed by atoms with E-state index >= 15 is 0 Å². The molecule has 252 valence electrons. The van der Waals surface area contributed by atoms with Crippen molar-refractivity contribution in [1.82, 2.24) is 4.98 Å². The lowest BCUT2D eigenvalue weighted by atomic mass is 9.87. The molecule has 1 aromatic heterocycles. The molecular weight excluding hydrogens is 590 g/mol. The van der Waals surface area contributed by atoms with Gasteiger partial charge in [0.05, 0.1) is 35.1 Å². The van der Waals surface area contributed by atoms with E-state index in [9.17, 15) is 30.3 Å². The summed E-state index contributed by atoms with van der Waals surface area (Å²) in [6.07, 6.45) is 8.30. The van der Waals surface area contributed by atoms with E-state index < -0.39 is 48.5 Å². The largest absolute Gasteiger partial charge is 0.456 e. The van der Waals surface area contributed by atoms with Gasteiger partial charge in [-0.25, -0.2) is 9.78 Å². The molecule has 5 N–H and O–H groups in total. The van der Waals surface area contributed by atoms with Gasteiger partial charge in [-0.3, -0.25) is 0 Å². The fraction of sp³-hybridized carbons (Fsp3) is 0.611. The van der Waals surface area contributed by atoms with Crippen LogP contribution in [0.15, 0.2) is 58.1 Å². The molecule has 2 rings (SSSR count). The molecule has 1 aromatic rings. The van der Waals surface area contributed by atoms with Crippen LogP contribution in [-0.4, -0.2) is 73.1 Å². The molecule has 9 heteroatoms. The molecule has 0 radical (unpaired) electrons. The van der Waals surface area contributed by atoms with E-state index in [0.717, 1.165) is 36.8 Å². The van der Waals surface area contributed by atoms with Gasteiger partial charge in [-0.05, 0) is 52.2 Å². The predicted molar refractivity (Wildman–Crippen MR) is 182 cm³/mol. The fourth-order valence-corrected chi connectivity index (χ4v) is 6.08. The van der Waals surface area contributed by atoms with Gasteiger partial charge in [0.25, 0.3) is 0 Å². The number of cyclic esters (lactones) is 1. The maximum atomic E-state index is 13.7. The standard InChI is InChI=1S/C36H55NO7S/c1-8-10-11-12-13-27-19-28-21-45-35(37-28)25(6)30(39)20-29(38)16-14-23(4)15-17-31(44-36(27)43)34(42)33(41)26(7)32(40)24(5)18-22(3)9-2/h9,14-16,18-19,21,25-26,29-34,38-42H,8,10-13,17,20H2,1-7H3/t25-,26-,29-,30+,31-,32+,33-,34+/m1/s1. The number of nitrogens with zero attached hydrogens (tertiary/aromatic N) is 1. The first-order valence-corrected chi connectivity index (χ1v) is 17.1. The lowest BCUT2D eigenvalue weighted by Crippen LogP contribution is -2.46. The molecule has 0 amide bonds. The van der Waals surface area contributed by atoms with Gasteiger partial charge in [-0.2, -0.15) is 0 Å². The third-order valence-electron chi connectivity index (χ3n) is 8.53. The van der Waals surface area contributed by atoms with Crippen molar-refractivity contribution < 1.29 is 35.1 Å². The lowest BCUT2D eigenvalue weighted by molar-refractivity contribution is -0.158. The number of aliphatic hydroxyl groups excluding tert-OH is 5. The average Bonchev–Trinajstić information content (AvgIpc) is 3.49. The van der Waals surface area contributed by atoms with E-state index in [-0.39, 0.29) is 18.8 Å². The number of carbonyl (C=O) groups excluding carboxylic acids is 1. The Balaban J connectivity index is 2.49. The summed E-state index contributed by atoms with van der Waals surface area (Å²) in [5, 5.41) is 57.4. The molecule has 0 fully saturated rings. The molecule has 1 aliphatic heterocycles. The van der Waals surface area contributed by atoms with Crippen LogP contribution >= 0.6 is 11.3 Å². The number of hydrogen-bond acceptors (Lipinski definition) is 9. The number of rotatable bonds is 11. The van der Waals surface area contributed by atoms with Crippen LogP contribution in [0.4, 0.5) is 0 Å². The second-order valence-electron chi connectivity index (χ2n) is 12.4. The highest BCUT2D eigenvalue weighted by Gasteiger charge is 2.36. The quantitative estimate of drug-likeness (QED) is 0.110. The Morgan fingerprint density at radius 2 is 1.89 bits per heavy atom. The third kappa shape index (κ3) is 12.4. The van der Waals surface area contributed by atoms with Gasteiger partial charge in [0.15, 0.2) is 0 Å². The van der Waals surface area contributed by atoms with Crippen molar-refractivity contribution in [2.24, 2.45) is 5.92 Å². The van der Waals surface area contributed by atoms with Crippen LogP contribution in [0.1, 0.15) is 110 Å². The smallest absolute Gasteiger partial charge is 0.334 e. The van der Waals surface area contributed by atoms with Gasteiger partial charge >= 0.3 is 5.97 Å². The van der Waals surface area contributed by atoms with Crippen molar-refractivity contribution in [3.8, 4) is 0 Å². The lowest BCUT2D eigenvalue weighted by Gasteiger charge is -2.32. The van der Waals surface area contributed by atoms with Crippen LogP contribution in [0.25, 0.3) is 6.08 Å². The van der Waals surface area contributed by atoms with Gasteiger partial charge in [-0.15, -0.1) is 11.3 Å². The number of fused-ring (bicyclic) bond motifs is 2. The molecule has 2 bridgehead atoms. The highest BCUT2D eigenvalue weighted by Crippen LogP contribution is 2.29. The van der Waals surface area contributed by atoms with Crippen molar-refractivity contribution in [3.05, 3.63) is 68.8 Å². The number of allylic oxidation sites excluding steroid dienone is 5. The minimum Gasteiger partial charge on any atom is -0.456 e. The highest BCUT2D eigenvalue weighted by molar-refractivity contribution is 7.09. The van der Waals surface area contributed by atoms with E-state index in [1.807, 2.05) is 45.2 Å². The van der Waals surface area contributed by atoms with Gasteiger partial charge in [-0.1, -0.05) is 81.6 Å². The molecule has 0 aromatic carbocycles. The van der Waals surface area contributed by atoms with Crippen LogP contribution in [0.3, 0.4) is 0 Å². The summed E-state index contributed by atoms with van der Waals surface area (Å²) in [6.45, 7) is 13.0. The molecule has 0 spiro atoms. The van der Waals surface area contributed by atoms with Crippen LogP contribution in [0, 0.1) is 5.92 Å². The van der Waals surface area contributed by atoms with Gasteiger partial charge in [0.2, 0.25) is 0 Å². The summed E-state index contributed by atoms with van der Waals surface area (Å²) >= 11 is 1.38. The van der Waals surface area contributed by atoms with E-state index in [2.05, 4.69) is 11.9 Å². The van der Waals surface area contributed by atoms with E-state index in [1.54, 1.807) is 38.2 Å². The van der Waals surface area contributed by atoms with Crippen molar-refractivity contribution in [1.29, 1.82) is 0 Å². The number of esters is 1. The number of hydrogen-bond donors (Lipinski definition) is 5. The molecule has 0 aliphatic carbocycles. The average molecular weight is 646 g/mol. The number of thiazole rings is 1. The molecule has 8 atom stereocenters. The monoisotopic (exact) mass is 645 g/mol. The second-order valence-corrected chi connectivity index (χ2v) is 13.3. The molecule has 8 nitrogen and oxygen atoms in total. The van der Waals surface area contributed by atoms with E-state index in [1.165, 1.54) is 11.3 Å². The number of unbranched alkanes of at least 4 members (excludes halogenated alkanes) is 3. The van der Waals surface area contributed by atoms with Crippen molar-refractivity contribution in [3.63, 3.8) is 0 Å². The Kier molecular flexibility index (Phi) is 16.6. The summed E-state index contributed by atoms with van der Waals surface area (Å²) in [5.41, 5.74) is 3.34. The molecular formula is C36H55NO7S. The van der Waals surface area contributed by atoms with Gasteiger partial charge in [0, 0.05) is 35.6 Å². The van der Waals surface area contributed by atoms with Gasteiger partial charge < -0.3 is 30.3 Å². The summed E-state index contributed by atoms with van der Waals surface area (Å²) < 4.78 is 5.95. The first-order chi connectivity index (χ1) is 21.3. The number of ether oxygens (including phenoxy) is 1. The fourth-order valence-electron chi connectivity index (χ4n) is 5.19. The SMILES string of the molecule is CC=C(C)C=C(C)[C@H](O)[C@@H](C)[C@@H](O)[C@@H](O)[C@H]1CC=C(C)C=C[C@@H](O)C[C@H](O)[C@@H](C)c2nc(cs2)C=C(CCCCCC)C(=O)O1. The Morgan fingerprint density at radius 3 is 2.56 bits per heavy atom. The minimum atomic E-state index is -1.49. The Morgan fingerprint density at radius 1 is 1.18 bits per heavy atom. The molecule has 2 heterocycles. The van der Waals surface area contributed by atoms with Crippen molar-refractivity contribution in [2.75, 3.05) is 0 Å². The highest BCUT2D eigenvalue weighted by atomic mass is 32.1. The minimum absolute atomic E-state index is 0.0924. The summed E-state index contributed by atoms with van der Waals surface area (Å²) in [7, 11) is 0. The molecule has 0 saturated carbocycles. The Hall–Kier alpha value is -2.40. The number of carbonyl (C=O) groups is 1. The van der Waals surface area contributed by atoms with E-state index in [0.29, 0.717) is 28.3 Å². The first-order valence-electron chi connectivity index (χ1n) is 16.2. The van der Waals surface area contributed by atoms with Crippen LogP contribution in [-0.2, 0) is 9.53 Å². The molecule has 0 saturated heterocycles. The third-order valence-corrected chi connectivity index (χ3v) is 9.59. The number of aromatic nitrogens is 1. The predicted octanol–water partition coefficient (Wildman–Crippen LogP) is 6.16. The van der Waals surface area contributed by atoms with Crippen molar-refractivity contribution >= 4 is 23.4 Å². The van der Waals surface area contributed by atoms with Crippen molar-refractivity contribution in [2.45, 2.75) is 136 Å². The first kappa shape index (κ1) is 38.8. The zero-order valence-electron chi connectivity index (χ0n) is 28.0. The maximum absolute atomic E-state index is 13.7. The summed E-state index contributed by atoms with van der Waals surface area (Å²) in [6, 6.07) is 0. The van der Waals surface area contributed by atoms with E-state index in [4.69, 9.17) is 4.74 Å². The normalized spacial score (nSPS) is 25.5. The zero-order valence-corrected chi connectivity index (χ0v) is 28.8. The van der Waals surface area contributed by atoms with Crippen LogP contribution < -0.4 is 0 Å². The van der Waals surface area contributed by atoms with Crippen LogP contribution in [0.2, 0.25) is 0 Å². The number of aliphatic hydroxyl groups is 5. The Bertz CT molecular complexity index is 1230. The molecule has 1 aliphatic rings. The summed E-state index contributed by atoms with van der Waals surface area (Å²) in [4.78, 5) is 18.4. The second kappa shape index (κ2) is 19.3. The topological polar surface area (TPSA) is 140 Å². The van der Waals surface area contributed by atoms with Gasteiger partial charge in [0.1, 0.15) is 12.2 Å². The molecule has 0 unspecified atom stereocenters. The zero-order chi connectivity index (χ0) is 33.7. The van der Waals surface area contributed by atoms with Crippen LogP contribution in [0.5, 0.6) is 0 Å². The summed E-state index contributed by atoms with van der Waals surface area (Å²) in [5.74, 6) is -1.67. The molecule has 45 heavy (non-hydrogen) atoms. The maximum Gasteiger partial charge on any atom is 0.334 e. The Labute approximate surface area is 273 Å².